The number of nitrogens with zero attached hydrogens (tertiary/aromatic N) is 2. The van der Waals surface area contributed by atoms with Crippen LogP contribution in [0.1, 0.15) is 69.3 Å². The number of nitrogens with one attached hydrogen (secondary N) is 1. The minimum atomic E-state index is -0.0505. The Kier molecular flexibility index (Phi) is 6.90. The van der Waals surface area contributed by atoms with Crippen LogP contribution in [0.15, 0.2) is 0 Å². The standard InChI is InChI=1S/C18H33N3O/c1-4-16-15(17(5-2)21(3)20-16)13-19-12-8-10-14-9-6-7-11-18(14)22/h14,18-19,22H,4-13H2,1-3H3. The number of hydrogen-bond acceptors (Lipinski definition) is 3. The summed E-state index contributed by atoms with van der Waals surface area (Å²) in [6, 6.07) is 0. The lowest BCUT2D eigenvalue weighted by molar-refractivity contribution is 0.0643. The SMILES string of the molecule is CCc1nn(C)c(CC)c1CNCCCC1CCCCC1O. The van der Waals surface area contributed by atoms with E-state index in [0.29, 0.717) is 5.92 Å². The van der Waals surface area contributed by atoms with Gasteiger partial charge in [0.2, 0.25) is 0 Å². The number of hydrogen-bond donors (Lipinski definition) is 2. The Morgan fingerprint density at radius 3 is 2.68 bits per heavy atom. The van der Waals surface area contributed by atoms with Crippen molar-refractivity contribution in [1.82, 2.24) is 15.1 Å². The van der Waals surface area contributed by atoms with E-state index in [4.69, 9.17) is 0 Å². The molecule has 0 aromatic carbocycles. The lowest BCUT2D eigenvalue weighted by Gasteiger charge is -2.27. The van der Waals surface area contributed by atoms with Gasteiger partial charge in [0.05, 0.1) is 11.8 Å². The molecule has 1 saturated carbocycles. The fraction of sp³-hybridized carbons (Fsp3) is 0.833. The third-order valence-electron chi connectivity index (χ3n) is 5.13. The molecule has 0 radical (unpaired) electrons. The summed E-state index contributed by atoms with van der Waals surface area (Å²) < 4.78 is 2.04. The molecule has 1 fully saturated rings. The van der Waals surface area contributed by atoms with Crippen molar-refractivity contribution in [1.29, 1.82) is 0 Å². The molecular weight excluding hydrogens is 274 g/mol. The summed E-state index contributed by atoms with van der Waals surface area (Å²) in [6.07, 6.45) is 9.02. The minimum Gasteiger partial charge on any atom is -0.393 e. The van der Waals surface area contributed by atoms with Crippen LogP contribution in [-0.4, -0.2) is 27.5 Å². The summed E-state index contributed by atoms with van der Waals surface area (Å²) in [5.41, 5.74) is 3.98. The summed E-state index contributed by atoms with van der Waals surface area (Å²) >= 11 is 0. The van der Waals surface area contributed by atoms with Crippen molar-refractivity contribution >= 4 is 0 Å². The van der Waals surface area contributed by atoms with Gasteiger partial charge in [-0.2, -0.15) is 5.10 Å². The molecule has 1 aromatic heterocycles. The molecule has 0 amide bonds. The molecule has 0 spiro atoms. The fourth-order valence-electron chi connectivity index (χ4n) is 3.82. The normalized spacial score (nSPS) is 22.2. The zero-order valence-corrected chi connectivity index (χ0v) is 14.6. The molecule has 22 heavy (non-hydrogen) atoms. The minimum absolute atomic E-state index is 0.0505. The summed E-state index contributed by atoms with van der Waals surface area (Å²) in [7, 11) is 2.05. The van der Waals surface area contributed by atoms with Crippen molar-refractivity contribution < 1.29 is 5.11 Å². The Hall–Kier alpha value is -0.870. The van der Waals surface area contributed by atoms with E-state index in [1.54, 1.807) is 0 Å². The Bertz CT molecular complexity index is 455. The largest absolute Gasteiger partial charge is 0.393 e. The molecule has 1 aliphatic carbocycles. The maximum Gasteiger partial charge on any atom is 0.0669 e. The average Bonchev–Trinajstić information content (AvgIpc) is 2.83. The van der Waals surface area contributed by atoms with E-state index in [9.17, 15) is 5.11 Å². The van der Waals surface area contributed by atoms with Crippen molar-refractivity contribution in [2.24, 2.45) is 13.0 Å². The Balaban J connectivity index is 1.74. The second-order valence-corrected chi connectivity index (χ2v) is 6.63. The molecule has 2 rings (SSSR count). The molecule has 1 heterocycles. The van der Waals surface area contributed by atoms with Crippen molar-refractivity contribution in [3.05, 3.63) is 17.0 Å². The van der Waals surface area contributed by atoms with E-state index < -0.39 is 0 Å². The molecule has 2 atom stereocenters. The lowest BCUT2D eigenvalue weighted by atomic mass is 9.83. The molecule has 2 unspecified atom stereocenters. The van der Waals surface area contributed by atoms with Crippen LogP contribution in [0.4, 0.5) is 0 Å². The predicted molar refractivity (Wildman–Crippen MR) is 90.9 cm³/mol. The first-order valence-electron chi connectivity index (χ1n) is 9.09. The average molecular weight is 307 g/mol. The van der Waals surface area contributed by atoms with Crippen LogP contribution in [0, 0.1) is 5.92 Å². The first kappa shape index (κ1) is 17.5. The van der Waals surface area contributed by atoms with Crippen LogP contribution in [0.5, 0.6) is 0 Å². The van der Waals surface area contributed by atoms with Crippen LogP contribution in [-0.2, 0) is 26.4 Å². The molecular formula is C18H33N3O. The Morgan fingerprint density at radius 1 is 1.23 bits per heavy atom. The second kappa shape index (κ2) is 8.68. The van der Waals surface area contributed by atoms with Gasteiger partial charge in [-0.15, -0.1) is 0 Å². The summed E-state index contributed by atoms with van der Waals surface area (Å²) in [6.45, 7) is 6.33. The molecule has 126 valence electrons. The highest BCUT2D eigenvalue weighted by atomic mass is 16.3. The maximum atomic E-state index is 10.0. The summed E-state index contributed by atoms with van der Waals surface area (Å²) in [4.78, 5) is 0. The van der Waals surface area contributed by atoms with Gasteiger partial charge in [-0.25, -0.2) is 0 Å². The zero-order chi connectivity index (χ0) is 15.9. The molecule has 0 saturated heterocycles. The topological polar surface area (TPSA) is 50.1 Å². The van der Waals surface area contributed by atoms with Gasteiger partial charge in [0.15, 0.2) is 0 Å². The van der Waals surface area contributed by atoms with Crippen molar-refractivity contribution in [3.63, 3.8) is 0 Å². The molecule has 4 heteroatoms. The van der Waals surface area contributed by atoms with Gasteiger partial charge in [0, 0.05) is 24.8 Å². The number of aryl methyl sites for hydroxylation is 2. The summed E-state index contributed by atoms with van der Waals surface area (Å²) in [5.74, 6) is 0.534. The Morgan fingerprint density at radius 2 is 2.00 bits per heavy atom. The molecule has 0 aliphatic heterocycles. The monoisotopic (exact) mass is 307 g/mol. The number of aliphatic hydroxyl groups is 1. The van der Waals surface area contributed by atoms with E-state index in [1.807, 2.05) is 11.7 Å². The van der Waals surface area contributed by atoms with Gasteiger partial charge in [0.1, 0.15) is 0 Å². The van der Waals surface area contributed by atoms with E-state index in [0.717, 1.165) is 45.2 Å². The predicted octanol–water partition coefficient (Wildman–Crippen LogP) is 2.97. The molecule has 0 bridgehead atoms. The van der Waals surface area contributed by atoms with E-state index in [2.05, 4.69) is 24.3 Å². The van der Waals surface area contributed by atoms with Crippen molar-refractivity contribution in [3.8, 4) is 0 Å². The van der Waals surface area contributed by atoms with Crippen LogP contribution < -0.4 is 5.32 Å². The highest BCUT2D eigenvalue weighted by molar-refractivity contribution is 5.26. The van der Waals surface area contributed by atoms with Gasteiger partial charge in [-0.3, -0.25) is 4.68 Å². The van der Waals surface area contributed by atoms with E-state index in [-0.39, 0.29) is 6.10 Å². The second-order valence-electron chi connectivity index (χ2n) is 6.63. The van der Waals surface area contributed by atoms with Crippen molar-refractivity contribution in [2.75, 3.05) is 6.54 Å². The number of aliphatic hydroxyl groups excluding tert-OH is 1. The molecule has 2 N–H and O–H groups in total. The maximum absolute atomic E-state index is 10.0. The smallest absolute Gasteiger partial charge is 0.0669 e. The first-order chi connectivity index (χ1) is 10.7. The van der Waals surface area contributed by atoms with Crippen LogP contribution >= 0.6 is 0 Å². The third kappa shape index (κ3) is 4.32. The lowest BCUT2D eigenvalue weighted by Crippen LogP contribution is -2.25. The van der Waals surface area contributed by atoms with E-state index in [1.165, 1.54) is 36.2 Å². The molecule has 1 aliphatic rings. The molecule has 1 aromatic rings. The van der Waals surface area contributed by atoms with Gasteiger partial charge in [-0.05, 0) is 51.0 Å². The van der Waals surface area contributed by atoms with Gasteiger partial charge < -0.3 is 10.4 Å². The Labute approximate surface area is 135 Å². The van der Waals surface area contributed by atoms with E-state index >= 15 is 0 Å². The highest BCUT2D eigenvalue weighted by Gasteiger charge is 2.22. The summed E-state index contributed by atoms with van der Waals surface area (Å²) in [5, 5.41) is 18.2. The zero-order valence-electron chi connectivity index (χ0n) is 14.6. The van der Waals surface area contributed by atoms with Crippen molar-refractivity contribution in [2.45, 2.75) is 77.9 Å². The molecule has 4 nitrogen and oxygen atoms in total. The number of aromatic nitrogens is 2. The number of rotatable bonds is 8. The van der Waals surface area contributed by atoms with Gasteiger partial charge in [-0.1, -0.05) is 26.7 Å². The third-order valence-corrected chi connectivity index (χ3v) is 5.13. The quantitative estimate of drug-likeness (QED) is 0.726. The fourth-order valence-corrected chi connectivity index (χ4v) is 3.82. The van der Waals surface area contributed by atoms with Gasteiger partial charge >= 0.3 is 0 Å². The van der Waals surface area contributed by atoms with Crippen LogP contribution in [0.2, 0.25) is 0 Å². The van der Waals surface area contributed by atoms with Crippen LogP contribution in [0.25, 0.3) is 0 Å². The van der Waals surface area contributed by atoms with Gasteiger partial charge in [0.25, 0.3) is 0 Å². The first-order valence-corrected chi connectivity index (χ1v) is 9.09. The highest BCUT2D eigenvalue weighted by Crippen LogP contribution is 2.27. The van der Waals surface area contributed by atoms with Crippen LogP contribution in [0.3, 0.4) is 0 Å².